The fourth-order valence-corrected chi connectivity index (χ4v) is 2.36. The number of halogens is 1. The van der Waals surface area contributed by atoms with Crippen molar-refractivity contribution in [3.05, 3.63) is 22.2 Å². The van der Waals surface area contributed by atoms with Crippen molar-refractivity contribution in [3.8, 4) is 11.5 Å². The summed E-state index contributed by atoms with van der Waals surface area (Å²) in [5.74, 6) is 1.51. The monoisotopic (exact) mass is 345 g/mol. The highest BCUT2D eigenvalue weighted by atomic mass is 79.9. The zero-order valence-electron chi connectivity index (χ0n) is 12.4. The van der Waals surface area contributed by atoms with Gasteiger partial charge in [0.25, 0.3) is 0 Å². The Hall–Kier alpha value is -0.780. The van der Waals surface area contributed by atoms with Crippen LogP contribution in [0.2, 0.25) is 0 Å². The van der Waals surface area contributed by atoms with E-state index in [1.54, 1.807) is 6.92 Å². The number of nitrogens with one attached hydrogen (secondary N) is 1. The Kier molecular flexibility index (Phi) is 7.95. The van der Waals surface area contributed by atoms with Crippen LogP contribution in [-0.4, -0.2) is 31.0 Å². The highest BCUT2D eigenvalue weighted by molar-refractivity contribution is 9.10. The van der Waals surface area contributed by atoms with E-state index in [-0.39, 0.29) is 6.10 Å². The van der Waals surface area contributed by atoms with Crippen LogP contribution in [0.4, 0.5) is 0 Å². The minimum absolute atomic E-state index is 0.350. The predicted molar refractivity (Wildman–Crippen MR) is 84.5 cm³/mol. The molecule has 0 amide bonds. The topological polar surface area (TPSA) is 50.7 Å². The quantitative estimate of drug-likeness (QED) is 0.721. The van der Waals surface area contributed by atoms with Gasteiger partial charge in [0, 0.05) is 13.1 Å². The zero-order chi connectivity index (χ0) is 15.0. The first-order valence-electron chi connectivity index (χ1n) is 7.05. The second kappa shape index (κ2) is 9.21. The van der Waals surface area contributed by atoms with E-state index in [2.05, 4.69) is 28.2 Å². The summed E-state index contributed by atoms with van der Waals surface area (Å²) in [6, 6.07) is 4.00. The molecule has 1 aromatic carbocycles. The van der Waals surface area contributed by atoms with Crippen molar-refractivity contribution in [2.24, 2.45) is 0 Å². The van der Waals surface area contributed by atoms with Gasteiger partial charge >= 0.3 is 0 Å². The Morgan fingerprint density at radius 3 is 2.65 bits per heavy atom. The summed E-state index contributed by atoms with van der Waals surface area (Å²) in [6.07, 6.45) is 0.604. The van der Waals surface area contributed by atoms with Crippen LogP contribution >= 0.6 is 15.9 Å². The molecule has 1 atom stereocenters. The van der Waals surface area contributed by atoms with E-state index in [0.717, 1.165) is 28.0 Å². The van der Waals surface area contributed by atoms with Gasteiger partial charge in [-0.1, -0.05) is 6.92 Å². The molecule has 0 aromatic heterocycles. The Morgan fingerprint density at radius 1 is 1.30 bits per heavy atom. The van der Waals surface area contributed by atoms with Crippen LogP contribution in [0.5, 0.6) is 11.5 Å². The normalized spacial score (nSPS) is 12.2. The van der Waals surface area contributed by atoms with Crippen LogP contribution in [0.15, 0.2) is 16.6 Å². The summed E-state index contributed by atoms with van der Waals surface area (Å²) >= 11 is 3.54. The molecular formula is C15H24BrNO3. The van der Waals surface area contributed by atoms with Crippen molar-refractivity contribution >= 4 is 15.9 Å². The van der Waals surface area contributed by atoms with E-state index >= 15 is 0 Å². The number of aliphatic hydroxyl groups is 1. The lowest BCUT2D eigenvalue weighted by Gasteiger charge is -2.15. The second-order valence-electron chi connectivity index (χ2n) is 4.67. The number of ether oxygens (including phenoxy) is 2. The molecule has 20 heavy (non-hydrogen) atoms. The summed E-state index contributed by atoms with van der Waals surface area (Å²) in [5, 5.41) is 12.4. The lowest BCUT2D eigenvalue weighted by atomic mass is 10.2. The molecule has 0 saturated carbocycles. The zero-order valence-corrected chi connectivity index (χ0v) is 14.0. The number of benzene rings is 1. The van der Waals surface area contributed by atoms with Crippen molar-refractivity contribution in [1.29, 1.82) is 0 Å². The molecule has 1 rings (SSSR count). The molecule has 0 heterocycles. The molecule has 0 bridgehead atoms. The van der Waals surface area contributed by atoms with Gasteiger partial charge in [0.15, 0.2) is 11.5 Å². The molecule has 0 aliphatic rings. The van der Waals surface area contributed by atoms with Crippen molar-refractivity contribution in [3.63, 3.8) is 0 Å². The molecule has 4 nitrogen and oxygen atoms in total. The minimum atomic E-state index is -0.350. The summed E-state index contributed by atoms with van der Waals surface area (Å²) in [7, 11) is 0. The van der Waals surface area contributed by atoms with Crippen molar-refractivity contribution in [2.75, 3.05) is 19.8 Å². The Bertz CT molecular complexity index is 410. The predicted octanol–water partition coefficient (Wildman–Crippen LogP) is 3.11. The molecule has 0 aliphatic carbocycles. The lowest BCUT2D eigenvalue weighted by molar-refractivity contribution is 0.191. The first-order chi connectivity index (χ1) is 9.58. The third-order valence-corrected chi connectivity index (χ3v) is 3.18. The maximum absolute atomic E-state index is 9.25. The van der Waals surface area contributed by atoms with Crippen molar-refractivity contribution in [1.82, 2.24) is 5.32 Å². The van der Waals surface area contributed by atoms with Gasteiger partial charge in [-0.05, 0) is 53.9 Å². The van der Waals surface area contributed by atoms with Crippen molar-refractivity contribution < 1.29 is 14.6 Å². The van der Waals surface area contributed by atoms with Gasteiger partial charge in [0.05, 0.1) is 23.8 Å². The third kappa shape index (κ3) is 5.69. The molecule has 0 aliphatic heterocycles. The average Bonchev–Trinajstić information content (AvgIpc) is 2.38. The average molecular weight is 346 g/mol. The molecule has 1 aromatic rings. The molecular weight excluding hydrogens is 322 g/mol. The standard InChI is InChI=1S/C15H24BrNO3/c1-4-6-20-15-13(16)7-12(8-14(15)19-5-2)10-17-9-11(3)18/h7-8,11,17-18H,4-6,9-10H2,1-3H3. The van der Waals surface area contributed by atoms with Gasteiger partial charge in [-0.3, -0.25) is 0 Å². The van der Waals surface area contributed by atoms with Gasteiger partial charge in [-0.2, -0.15) is 0 Å². The van der Waals surface area contributed by atoms with Crippen LogP contribution in [0.1, 0.15) is 32.8 Å². The number of rotatable bonds is 9. The first kappa shape index (κ1) is 17.3. The van der Waals surface area contributed by atoms with E-state index in [1.807, 2.05) is 19.1 Å². The minimum Gasteiger partial charge on any atom is -0.490 e. The van der Waals surface area contributed by atoms with E-state index in [0.29, 0.717) is 26.3 Å². The summed E-state index contributed by atoms with van der Waals surface area (Å²) in [4.78, 5) is 0. The first-order valence-corrected chi connectivity index (χ1v) is 7.84. The van der Waals surface area contributed by atoms with Gasteiger partial charge in [-0.15, -0.1) is 0 Å². The van der Waals surface area contributed by atoms with Crippen LogP contribution in [0.25, 0.3) is 0 Å². The van der Waals surface area contributed by atoms with Crippen LogP contribution in [0.3, 0.4) is 0 Å². The third-order valence-electron chi connectivity index (χ3n) is 2.59. The van der Waals surface area contributed by atoms with E-state index in [1.165, 1.54) is 0 Å². The van der Waals surface area contributed by atoms with Gasteiger partial charge in [-0.25, -0.2) is 0 Å². The van der Waals surface area contributed by atoms with E-state index in [4.69, 9.17) is 9.47 Å². The Labute approximate surface area is 129 Å². The molecule has 0 radical (unpaired) electrons. The van der Waals surface area contributed by atoms with Gasteiger partial charge in [0.2, 0.25) is 0 Å². The summed E-state index contributed by atoms with van der Waals surface area (Å²) in [6.45, 7) is 8.29. The van der Waals surface area contributed by atoms with Crippen LogP contribution in [-0.2, 0) is 6.54 Å². The number of hydrogen-bond donors (Lipinski definition) is 2. The molecule has 0 saturated heterocycles. The molecule has 2 N–H and O–H groups in total. The Balaban J connectivity index is 2.82. The van der Waals surface area contributed by atoms with Crippen LogP contribution in [0, 0.1) is 0 Å². The molecule has 5 heteroatoms. The largest absolute Gasteiger partial charge is 0.490 e. The van der Waals surface area contributed by atoms with E-state index < -0.39 is 0 Å². The maximum Gasteiger partial charge on any atom is 0.175 e. The molecule has 114 valence electrons. The number of aliphatic hydroxyl groups excluding tert-OH is 1. The highest BCUT2D eigenvalue weighted by Gasteiger charge is 2.12. The molecule has 1 unspecified atom stereocenters. The fourth-order valence-electron chi connectivity index (χ4n) is 1.76. The lowest BCUT2D eigenvalue weighted by Crippen LogP contribution is -2.23. The second-order valence-corrected chi connectivity index (χ2v) is 5.52. The summed E-state index contributed by atoms with van der Waals surface area (Å²) in [5.41, 5.74) is 1.09. The molecule has 0 fully saturated rings. The number of hydrogen-bond acceptors (Lipinski definition) is 4. The highest BCUT2D eigenvalue weighted by Crippen LogP contribution is 2.37. The maximum atomic E-state index is 9.25. The summed E-state index contributed by atoms with van der Waals surface area (Å²) < 4.78 is 12.3. The van der Waals surface area contributed by atoms with Crippen molar-refractivity contribution in [2.45, 2.75) is 39.8 Å². The SMILES string of the molecule is CCCOc1c(Br)cc(CNCC(C)O)cc1OCC. The Morgan fingerprint density at radius 2 is 2.05 bits per heavy atom. The van der Waals surface area contributed by atoms with Gasteiger partial charge in [0.1, 0.15) is 0 Å². The van der Waals surface area contributed by atoms with Gasteiger partial charge < -0.3 is 19.9 Å². The molecule has 0 spiro atoms. The van der Waals surface area contributed by atoms with Crippen LogP contribution < -0.4 is 14.8 Å². The smallest absolute Gasteiger partial charge is 0.175 e. The van der Waals surface area contributed by atoms with E-state index in [9.17, 15) is 5.11 Å². The fraction of sp³-hybridized carbons (Fsp3) is 0.600.